The van der Waals surface area contributed by atoms with E-state index in [9.17, 15) is 0 Å². The number of benzene rings is 1. The van der Waals surface area contributed by atoms with Crippen LogP contribution in [0.25, 0.3) is 22.2 Å². The Kier molecular flexibility index (Phi) is 1.93. The molecule has 4 heteroatoms. The molecule has 0 bridgehead atoms. The van der Waals surface area contributed by atoms with Crippen molar-refractivity contribution < 1.29 is 0 Å². The van der Waals surface area contributed by atoms with Crippen LogP contribution in [0.15, 0.2) is 41.4 Å². The lowest BCUT2D eigenvalue weighted by atomic mass is 10.1. The molecule has 1 aromatic carbocycles. The molecule has 0 aliphatic carbocycles. The minimum atomic E-state index is 0.830. The summed E-state index contributed by atoms with van der Waals surface area (Å²) in [4.78, 5) is 4.18. The topological polar surface area (TPSA) is 38.7 Å². The van der Waals surface area contributed by atoms with E-state index in [2.05, 4.69) is 32.0 Å². The summed E-state index contributed by atoms with van der Waals surface area (Å²) in [5.41, 5.74) is 4.11. The van der Waals surface area contributed by atoms with Crippen LogP contribution in [0.2, 0.25) is 0 Å². The summed E-state index contributed by atoms with van der Waals surface area (Å²) in [6, 6.07) is 8.12. The molecule has 0 aliphatic rings. The molecule has 0 atom stereocenters. The van der Waals surface area contributed by atoms with Gasteiger partial charge in [0.25, 0.3) is 0 Å². The van der Waals surface area contributed by atoms with Crippen molar-refractivity contribution >= 4 is 22.4 Å². The van der Waals surface area contributed by atoms with Crippen LogP contribution in [-0.4, -0.2) is 15.2 Å². The highest BCUT2D eigenvalue weighted by Crippen LogP contribution is 2.24. The number of rotatable bonds is 1. The molecular formula is C11H7N3S. The van der Waals surface area contributed by atoms with E-state index in [-0.39, 0.29) is 0 Å². The lowest BCUT2D eigenvalue weighted by molar-refractivity contribution is 1.02. The van der Waals surface area contributed by atoms with Gasteiger partial charge in [-0.25, -0.2) is 4.98 Å². The lowest BCUT2D eigenvalue weighted by Gasteiger charge is -1.99. The zero-order chi connectivity index (χ0) is 10.1. The smallest absolute Gasteiger partial charge is 0.138 e. The van der Waals surface area contributed by atoms with Crippen molar-refractivity contribution in [2.75, 3.05) is 0 Å². The lowest BCUT2D eigenvalue weighted by Crippen LogP contribution is -1.86. The summed E-state index contributed by atoms with van der Waals surface area (Å²) in [5.74, 6) is 0. The fourth-order valence-corrected chi connectivity index (χ4v) is 2.16. The predicted molar refractivity (Wildman–Crippen MR) is 60.6 cm³/mol. The summed E-state index contributed by atoms with van der Waals surface area (Å²) >= 11 is 1.69. The van der Waals surface area contributed by atoms with Crippen molar-refractivity contribution in [3.8, 4) is 11.1 Å². The third kappa shape index (κ3) is 1.49. The van der Waals surface area contributed by atoms with E-state index in [0.29, 0.717) is 0 Å². The van der Waals surface area contributed by atoms with Crippen LogP contribution < -0.4 is 0 Å². The van der Waals surface area contributed by atoms with Crippen LogP contribution in [0.3, 0.4) is 0 Å². The van der Waals surface area contributed by atoms with Crippen molar-refractivity contribution in [2.45, 2.75) is 0 Å². The molecule has 3 nitrogen and oxygen atoms in total. The first kappa shape index (κ1) is 8.49. The van der Waals surface area contributed by atoms with Gasteiger partial charge in [0, 0.05) is 0 Å². The Morgan fingerprint density at radius 3 is 2.87 bits per heavy atom. The fourth-order valence-electron chi connectivity index (χ4n) is 1.50. The Labute approximate surface area is 90.4 Å². The Hall–Kier alpha value is -1.81. The monoisotopic (exact) mass is 213 g/mol. The second-order valence-corrected chi connectivity index (χ2v) is 3.96. The summed E-state index contributed by atoms with van der Waals surface area (Å²) in [6.45, 7) is 0. The highest BCUT2D eigenvalue weighted by atomic mass is 32.1. The molecule has 0 saturated carbocycles. The maximum Gasteiger partial charge on any atom is 0.138 e. The van der Waals surface area contributed by atoms with Gasteiger partial charge in [0.05, 0.1) is 5.52 Å². The molecule has 0 unspecified atom stereocenters. The Morgan fingerprint density at radius 1 is 1.00 bits per heavy atom. The molecule has 0 N–H and O–H groups in total. The fraction of sp³-hybridized carbons (Fsp3) is 0. The van der Waals surface area contributed by atoms with Crippen LogP contribution in [0.1, 0.15) is 0 Å². The quantitative estimate of drug-likeness (QED) is 0.624. The van der Waals surface area contributed by atoms with Gasteiger partial charge in [-0.1, -0.05) is 6.07 Å². The molecule has 72 valence electrons. The maximum absolute atomic E-state index is 4.18. The van der Waals surface area contributed by atoms with Crippen LogP contribution in [-0.2, 0) is 0 Å². The SMILES string of the molecule is c1nnc2ccc(-c3ccsc3)cc2n1. The number of nitrogens with zero attached hydrogens (tertiary/aromatic N) is 3. The van der Waals surface area contributed by atoms with Crippen LogP contribution in [0, 0.1) is 0 Å². The molecule has 0 aliphatic heterocycles. The van der Waals surface area contributed by atoms with E-state index in [1.807, 2.05) is 18.2 Å². The van der Waals surface area contributed by atoms with Crippen molar-refractivity contribution in [1.82, 2.24) is 15.2 Å². The molecule has 3 aromatic rings. The number of aromatic nitrogens is 3. The number of hydrogen-bond acceptors (Lipinski definition) is 4. The van der Waals surface area contributed by atoms with E-state index in [1.165, 1.54) is 17.5 Å². The molecule has 0 amide bonds. The van der Waals surface area contributed by atoms with Gasteiger partial charge in [-0.05, 0) is 40.1 Å². The predicted octanol–water partition coefficient (Wildman–Crippen LogP) is 2.75. The van der Waals surface area contributed by atoms with Gasteiger partial charge < -0.3 is 0 Å². The molecule has 0 spiro atoms. The van der Waals surface area contributed by atoms with Gasteiger partial charge >= 0.3 is 0 Å². The van der Waals surface area contributed by atoms with E-state index in [1.54, 1.807) is 11.3 Å². The summed E-state index contributed by atoms with van der Waals surface area (Å²) in [6.07, 6.45) is 1.47. The minimum absolute atomic E-state index is 0.830. The van der Waals surface area contributed by atoms with Crippen LogP contribution in [0.5, 0.6) is 0 Å². The number of hydrogen-bond donors (Lipinski definition) is 0. The van der Waals surface area contributed by atoms with Gasteiger partial charge in [0.1, 0.15) is 11.8 Å². The zero-order valence-corrected chi connectivity index (χ0v) is 8.61. The van der Waals surface area contributed by atoms with Gasteiger partial charge in [0.2, 0.25) is 0 Å². The molecule has 15 heavy (non-hydrogen) atoms. The van der Waals surface area contributed by atoms with Crippen molar-refractivity contribution in [2.24, 2.45) is 0 Å². The van der Waals surface area contributed by atoms with E-state index >= 15 is 0 Å². The Balaban J connectivity index is 2.22. The maximum atomic E-state index is 4.18. The van der Waals surface area contributed by atoms with Crippen molar-refractivity contribution in [1.29, 1.82) is 0 Å². The molecule has 3 rings (SSSR count). The normalized spacial score (nSPS) is 10.7. The van der Waals surface area contributed by atoms with Gasteiger partial charge in [-0.2, -0.15) is 11.3 Å². The highest BCUT2D eigenvalue weighted by Gasteiger charge is 2.01. The molecular weight excluding hydrogens is 206 g/mol. The van der Waals surface area contributed by atoms with Crippen LogP contribution >= 0.6 is 11.3 Å². The zero-order valence-electron chi connectivity index (χ0n) is 7.79. The minimum Gasteiger partial charge on any atom is -0.233 e. The molecule has 2 heterocycles. The molecule has 2 aromatic heterocycles. The van der Waals surface area contributed by atoms with Crippen molar-refractivity contribution in [3.63, 3.8) is 0 Å². The van der Waals surface area contributed by atoms with Crippen LogP contribution in [0.4, 0.5) is 0 Å². The first-order valence-electron chi connectivity index (χ1n) is 4.53. The number of thiophene rings is 1. The Morgan fingerprint density at radius 2 is 2.00 bits per heavy atom. The summed E-state index contributed by atoms with van der Waals surface area (Å²) < 4.78 is 0. The highest BCUT2D eigenvalue weighted by molar-refractivity contribution is 7.08. The summed E-state index contributed by atoms with van der Waals surface area (Å²) in [7, 11) is 0. The Bertz CT molecular complexity index is 590. The molecule has 0 radical (unpaired) electrons. The van der Waals surface area contributed by atoms with Gasteiger partial charge in [0.15, 0.2) is 0 Å². The average Bonchev–Trinajstić information content (AvgIpc) is 2.82. The molecule has 0 saturated heterocycles. The average molecular weight is 213 g/mol. The first-order valence-corrected chi connectivity index (χ1v) is 5.48. The van der Waals surface area contributed by atoms with E-state index in [4.69, 9.17) is 0 Å². The third-order valence-corrected chi connectivity index (χ3v) is 2.93. The van der Waals surface area contributed by atoms with Gasteiger partial charge in [-0.3, -0.25) is 0 Å². The summed E-state index contributed by atoms with van der Waals surface area (Å²) in [5, 5.41) is 11.9. The number of fused-ring (bicyclic) bond motifs is 1. The van der Waals surface area contributed by atoms with Crippen molar-refractivity contribution in [3.05, 3.63) is 41.4 Å². The third-order valence-electron chi connectivity index (χ3n) is 2.24. The van der Waals surface area contributed by atoms with E-state index in [0.717, 1.165) is 11.0 Å². The standard InChI is InChI=1S/C11H7N3S/c1-2-10-11(12-7-13-14-10)5-8(1)9-3-4-15-6-9/h1-7H. The first-order chi connectivity index (χ1) is 7.43. The van der Waals surface area contributed by atoms with E-state index < -0.39 is 0 Å². The molecule has 0 fully saturated rings. The van der Waals surface area contributed by atoms with Gasteiger partial charge in [-0.15, -0.1) is 10.2 Å². The largest absolute Gasteiger partial charge is 0.233 e. The second-order valence-electron chi connectivity index (χ2n) is 3.18. The second kappa shape index (κ2) is 3.40.